The van der Waals surface area contributed by atoms with Crippen molar-refractivity contribution in [3.63, 3.8) is 0 Å². The topological polar surface area (TPSA) is 29.5 Å². The summed E-state index contributed by atoms with van der Waals surface area (Å²) < 4.78 is 5.59. The highest BCUT2D eigenvalue weighted by Crippen LogP contribution is 2.23. The molecule has 2 aromatic rings. The van der Waals surface area contributed by atoms with Crippen molar-refractivity contribution in [3.05, 3.63) is 80.8 Å². The van der Waals surface area contributed by atoms with Gasteiger partial charge >= 0.3 is 7.69 Å². The van der Waals surface area contributed by atoms with Gasteiger partial charge in [-0.1, -0.05) is 105 Å². The second kappa shape index (κ2) is 17.0. The fourth-order valence-corrected chi connectivity index (χ4v) is 3.56. The molecule has 4 rings (SSSR count). The van der Waals surface area contributed by atoms with E-state index in [1.165, 1.54) is 51.6 Å². The fourth-order valence-electron chi connectivity index (χ4n) is 3.15. The van der Waals surface area contributed by atoms with Crippen LogP contribution in [-0.2, 0) is 23.9 Å². The van der Waals surface area contributed by atoms with Crippen LogP contribution in [-0.4, -0.2) is 19.3 Å². The van der Waals surface area contributed by atoms with Crippen molar-refractivity contribution in [1.82, 2.24) is 0 Å². The molecule has 4 heteroatoms. The Hall–Kier alpha value is -1.62. The molecule has 0 bridgehead atoms. The number of allylic oxidation sites excluding steroid dienone is 2. The molecule has 0 atom stereocenters. The highest BCUT2D eigenvalue weighted by molar-refractivity contribution is 9.10. The van der Waals surface area contributed by atoms with Crippen molar-refractivity contribution < 1.29 is 9.68 Å². The van der Waals surface area contributed by atoms with Gasteiger partial charge in [-0.15, -0.1) is 0 Å². The first-order valence-corrected chi connectivity index (χ1v) is 12.2. The maximum atomic E-state index is 7.85. The number of fused-ring (bicyclic) bond motifs is 2. The van der Waals surface area contributed by atoms with Crippen molar-refractivity contribution in [2.75, 3.05) is 6.61 Å². The zero-order chi connectivity index (χ0) is 22.9. The van der Waals surface area contributed by atoms with Crippen LogP contribution in [0.1, 0.15) is 74.8 Å². The maximum absolute atomic E-state index is 7.85. The Morgan fingerprint density at radius 2 is 1.45 bits per heavy atom. The SMILES string of the molecule is Brc1ccc2c(c1)CC=C2.CCC.CCCO[B]O.CCCc1ccc2c(c1)CC=C2. The van der Waals surface area contributed by atoms with E-state index in [0.29, 0.717) is 14.3 Å². The zero-order valence-electron chi connectivity index (χ0n) is 19.5. The average molecular weight is 484 g/mol. The summed E-state index contributed by atoms with van der Waals surface area (Å²) in [5.41, 5.74) is 7.19. The molecule has 0 spiro atoms. The van der Waals surface area contributed by atoms with Crippen LogP contribution in [0.2, 0.25) is 0 Å². The monoisotopic (exact) mass is 483 g/mol. The fraction of sp³-hybridized carbons (Fsp3) is 0.407. The summed E-state index contributed by atoms with van der Waals surface area (Å²) in [5.74, 6) is 0. The van der Waals surface area contributed by atoms with E-state index in [-0.39, 0.29) is 0 Å². The zero-order valence-corrected chi connectivity index (χ0v) is 21.1. The summed E-state index contributed by atoms with van der Waals surface area (Å²) in [5, 5.41) is 7.85. The van der Waals surface area contributed by atoms with E-state index in [4.69, 9.17) is 5.02 Å². The molecule has 31 heavy (non-hydrogen) atoms. The molecule has 1 N–H and O–H groups in total. The van der Waals surface area contributed by atoms with Gasteiger partial charge in [0.05, 0.1) is 0 Å². The largest absolute Gasteiger partial charge is 0.485 e. The van der Waals surface area contributed by atoms with Gasteiger partial charge < -0.3 is 9.68 Å². The van der Waals surface area contributed by atoms with Crippen LogP contribution in [0.4, 0.5) is 0 Å². The molecule has 0 heterocycles. The van der Waals surface area contributed by atoms with E-state index in [1.54, 1.807) is 0 Å². The summed E-state index contributed by atoms with van der Waals surface area (Å²) in [6.45, 7) is 9.06. The highest BCUT2D eigenvalue weighted by Gasteiger charge is 2.04. The first-order valence-electron chi connectivity index (χ1n) is 11.4. The summed E-state index contributed by atoms with van der Waals surface area (Å²) in [7, 11) is 0.712. The quantitative estimate of drug-likeness (QED) is 0.350. The predicted octanol–water partition coefficient (Wildman–Crippen LogP) is 7.58. The van der Waals surface area contributed by atoms with Crippen molar-refractivity contribution in [2.24, 2.45) is 0 Å². The Bertz CT molecular complexity index is 811. The molecule has 0 aliphatic heterocycles. The van der Waals surface area contributed by atoms with Gasteiger partial charge in [0.25, 0.3) is 0 Å². The third-order valence-electron chi connectivity index (χ3n) is 4.52. The normalized spacial score (nSPS) is 11.8. The first kappa shape index (κ1) is 27.4. The van der Waals surface area contributed by atoms with Gasteiger partial charge in [-0.25, -0.2) is 0 Å². The molecule has 0 saturated heterocycles. The lowest BCUT2D eigenvalue weighted by molar-refractivity contribution is 0.284. The Kier molecular flexibility index (Phi) is 15.0. The molecule has 0 saturated carbocycles. The number of halogens is 1. The first-order chi connectivity index (χ1) is 15.1. The van der Waals surface area contributed by atoms with Gasteiger partial charge in [0.2, 0.25) is 0 Å². The third-order valence-corrected chi connectivity index (χ3v) is 5.01. The molecule has 2 aromatic carbocycles. The standard InChI is InChI=1S/C12H14.C9H7Br.C3H8BO2.C3H8/c1-2-4-10-7-8-11-5-3-6-12(11)9-10;10-9-5-4-7-2-1-3-8(7)6-9;1-2-3-6-4-5;1-3-2/h3,5,7-9H,2,4,6H2,1H3;1-2,4-6H,3H2;5H,2-3H2,1H3;3H2,1-2H3. The lowest BCUT2D eigenvalue weighted by Crippen LogP contribution is -1.96. The van der Waals surface area contributed by atoms with Gasteiger partial charge in [0.15, 0.2) is 0 Å². The van der Waals surface area contributed by atoms with E-state index in [0.717, 1.165) is 19.3 Å². The molecular weight excluding hydrogens is 447 g/mol. The number of rotatable bonds is 5. The Morgan fingerprint density at radius 1 is 0.871 bits per heavy atom. The maximum Gasteiger partial charge on any atom is 0.485 e. The van der Waals surface area contributed by atoms with Crippen molar-refractivity contribution in [3.8, 4) is 0 Å². The van der Waals surface area contributed by atoms with Crippen molar-refractivity contribution >= 4 is 35.8 Å². The Labute approximate surface area is 198 Å². The highest BCUT2D eigenvalue weighted by atomic mass is 79.9. The molecule has 1 radical (unpaired) electrons. The lowest BCUT2D eigenvalue weighted by Gasteiger charge is -2.02. The summed E-state index contributed by atoms with van der Waals surface area (Å²) in [6, 6.07) is 13.2. The number of aryl methyl sites for hydroxylation is 1. The van der Waals surface area contributed by atoms with E-state index in [2.05, 4.69) is 102 Å². The second-order valence-corrected chi connectivity index (χ2v) is 8.44. The summed E-state index contributed by atoms with van der Waals surface area (Å²) >= 11 is 3.44. The molecular formula is C27H37BBrO2. The molecule has 167 valence electrons. The Balaban J connectivity index is 0.000000229. The predicted molar refractivity (Wildman–Crippen MR) is 140 cm³/mol. The minimum Gasteiger partial charge on any atom is -0.429 e. The van der Waals surface area contributed by atoms with Gasteiger partial charge in [0.1, 0.15) is 0 Å². The van der Waals surface area contributed by atoms with E-state index in [1.807, 2.05) is 6.92 Å². The average Bonchev–Trinajstić information content (AvgIpc) is 3.42. The van der Waals surface area contributed by atoms with Gasteiger partial charge in [-0.05, 0) is 65.6 Å². The smallest absolute Gasteiger partial charge is 0.429 e. The van der Waals surface area contributed by atoms with Gasteiger partial charge in [-0.2, -0.15) is 0 Å². The van der Waals surface area contributed by atoms with Crippen LogP contribution >= 0.6 is 15.9 Å². The number of hydrogen-bond donors (Lipinski definition) is 1. The van der Waals surface area contributed by atoms with E-state index < -0.39 is 0 Å². The number of benzene rings is 2. The minimum absolute atomic E-state index is 0.608. The van der Waals surface area contributed by atoms with Crippen LogP contribution in [0.25, 0.3) is 12.2 Å². The van der Waals surface area contributed by atoms with Crippen molar-refractivity contribution in [2.45, 2.75) is 66.2 Å². The van der Waals surface area contributed by atoms with Crippen LogP contribution in [0.3, 0.4) is 0 Å². The molecule has 0 amide bonds. The molecule has 2 aliphatic rings. The van der Waals surface area contributed by atoms with Crippen LogP contribution < -0.4 is 0 Å². The summed E-state index contributed by atoms with van der Waals surface area (Å²) in [4.78, 5) is 0. The van der Waals surface area contributed by atoms with E-state index in [9.17, 15) is 0 Å². The molecule has 2 nitrogen and oxygen atoms in total. The van der Waals surface area contributed by atoms with Crippen LogP contribution in [0, 0.1) is 0 Å². The lowest BCUT2D eigenvalue weighted by atomic mass is 10.0. The minimum atomic E-state index is 0.608. The summed E-state index contributed by atoms with van der Waals surface area (Å²) in [6.07, 6.45) is 15.7. The van der Waals surface area contributed by atoms with E-state index >= 15 is 0 Å². The molecule has 0 aromatic heterocycles. The molecule has 2 aliphatic carbocycles. The van der Waals surface area contributed by atoms with Crippen molar-refractivity contribution in [1.29, 1.82) is 0 Å². The Morgan fingerprint density at radius 3 is 1.97 bits per heavy atom. The van der Waals surface area contributed by atoms with Gasteiger partial charge in [-0.3, -0.25) is 0 Å². The molecule has 0 fully saturated rings. The van der Waals surface area contributed by atoms with Crippen LogP contribution in [0.15, 0.2) is 53.0 Å². The molecule has 0 unspecified atom stereocenters. The third kappa shape index (κ3) is 11.0. The van der Waals surface area contributed by atoms with Crippen LogP contribution in [0.5, 0.6) is 0 Å². The number of hydrogen-bond acceptors (Lipinski definition) is 2. The van der Waals surface area contributed by atoms with Gasteiger partial charge in [0, 0.05) is 11.1 Å². The second-order valence-electron chi connectivity index (χ2n) is 7.52.